The van der Waals surface area contributed by atoms with Crippen LogP contribution in [0.5, 0.6) is 0 Å². The van der Waals surface area contributed by atoms with Crippen LogP contribution in [0.1, 0.15) is 24.4 Å². The van der Waals surface area contributed by atoms with Gasteiger partial charge in [0.25, 0.3) is 0 Å². The van der Waals surface area contributed by atoms with Crippen LogP contribution in [0.2, 0.25) is 10.0 Å². The van der Waals surface area contributed by atoms with Gasteiger partial charge in [0, 0.05) is 12.0 Å². The fourth-order valence-electron chi connectivity index (χ4n) is 2.06. The fourth-order valence-corrected chi connectivity index (χ4v) is 2.50. The van der Waals surface area contributed by atoms with Crippen LogP contribution in [-0.4, -0.2) is 6.54 Å². The molecule has 0 aromatic heterocycles. The first-order valence-electron chi connectivity index (χ1n) is 5.29. The van der Waals surface area contributed by atoms with Gasteiger partial charge in [-0.3, -0.25) is 0 Å². The lowest BCUT2D eigenvalue weighted by atomic mass is 9.90. The van der Waals surface area contributed by atoms with Crippen molar-refractivity contribution in [3.8, 4) is 6.07 Å². The fraction of sp³-hybridized carbons (Fsp3) is 0.417. The van der Waals surface area contributed by atoms with Crippen molar-refractivity contribution >= 4 is 23.2 Å². The molecule has 1 heterocycles. The Kier molecular flexibility index (Phi) is 3.70. The molecule has 0 bridgehead atoms. The van der Waals surface area contributed by atoms with E-state index in [1.165, 1.54) is 0 Å². The summed E-state index contributed by atoms with van der Waals surface area (Å²) in [6.07, 6.45) is 1.71. The summed E-state index contributed by atoms with van der Waals surface area (Å²) < 4.78 is 0. The quantitative estimate of drug-likeness (QED) is 0.832. The molecule has 1 aromatic rings. The van der Waals surface area contributed by atoms with Gasteiger partial charge in [-0.2, -0.15) is 5.26 Å². The molecule has 1 N–H and O–H groups in total. The highest BCUT2D eigenvalue weighted by atomic mass is 35.5. The Morgan fingerprint density at radius 3 is 2.94 bits per heavy atom. The number of hydrogen-bond donors (Lipinski definition) is 1. The van der Waals surface area contributed by atoms with Crippen LogP contribution >= 0.6 is 23.2 Å². The second-order valence-corrected chi connectivity index (χ2v) is 4.79. The van der Waals surface area contributed by atoms with Crippen LogP contribution in [0.3, 0.4) is 0 Å². The summed E-state index contributed by atoms with van der Waals surface area (Å²) in [5.74, 6) is 0.112. The van der Waals surface area contributed by atoms with Crippen molar-refractivity contribution in [3.05, 3.63) is 33.8 Å². The van der Waals surface area contributed by atoms with E-state index in [9.17, 15) is 0 Å². The minimum absolute atomic E-state index is 0.112. The monoisotopic (exact) mass is 254 g/mol. The van der Waals surface area contributed by atoms with Gasteiger partial charge in [-0.15, -0.1) is 0 Å². The van der Waals surface area contributed by atoms with Crippen LogP contribution in [0.25, 0.3) is 0 Å². The molecule has 1 saturated heterocycles. The minimum atomic E-state index is 0.112. The third kappa shape index (κ3) is 2.32. The van der Waals surface area contributed by atoms with Gasteiger partial charge < -0.3 is 5.32 Å². The van der Waals surface area contributed by atoms with E-state index in [1.807, 2.05) is 12.1 Å². The van der Waals surface area contributed by atoms with Gasteiger partial charge in [0.2, 0.25) is 0 Å². The van der Waals surface area contributed by atoms with Crippen LogP contribution < -0.4 is 5.32 Å². The molecule has 0 radical (unpaired) electrons. The van der Waals surface area contributed by atoms with Crippen molar-refractivity contribution < 1.29 is 0 Å². The molecule has 1 aromatic carbocycles. The van der Waals surface area contributed by atoms with E-state index in [4.69, 9.17) is 28.5 Å². The van der Waals surface area contributed by atoms with E-state index in [1.54, 1.807) is 6.07 Å². The van der Waals surface area contributed by atoms with E-state index in [0.717, 1.165) is 24.9 Å². The molecule has 1 fully saturated rings. The summed E-state index contributed by atoms with van der Waals surface area (Å²) >= 11 is 12.1. The maximum Gasteiger partial charge on any atom is 0.0657 e. The molecule has 1 aliphatic rings. The summed E-state index contributed by atoms with van der Waals surface area (Å²) in [6.45, 7) is 0.853. The van der Waals surface area contributed by atoms with Crippen molar-refractivity contribution in [2.75, 3.05) is 6.54 Å². The smallest absolute Gasteiger partial charge is 0.0657 e. The van der Waals surface area contributed by atoms with Crippen LogP contribution in [0, 0.1) is 17.2 Å². The van der Waals surface area contributed by atoms with Crippen LogP contribution in [0.15, 0.2) is 18.2 Å². The molecule has 2 rings (SSSR count). The summed E-state index contributed by atoms with van der Waals surface area (Å²) in [5, 5.41) is 13.5. The van der Waals surface area contributed by atoms with E-state index in [0.29, 0.717) is 10.0 Å². The van der Waals surface area contributed by atoms with Crippen molar-refractivity contribution in [2.45, 2.75) is 18.9 Å². The number of nitrogens with zero attached hydrogens (tertiary/aromatic N) is 1. The Morgan fingerprint density at radius 2 is 2.19 bits per heavy atom. The van der Waals surface area contributed by atoms with Crippen molar-refractivity contribution in [1.82, 2.24) is 5.32 Å². The SMILES string of the molecule is N#CC1CCNC(c2cccc(Cl)c2Cl)C1. The highest BCUT2D eigenvalue weighted by molar-refractivity contribution is 6.42. The van der Waals surface area contributed by atoms with Crippen LogP contribution in [-0.2, 0) is 0 Å². The number of rotatable bonds is 1. The molecule has 0 amide bonds. The Hall–Kier alpha value is -0.750. The summed E-state index contributed by atoms with van der Waals surface area (Å²) in [6, 6.07) is 8.09. The largest absolute Gasteiger partial charge is 0.310 e. The summed E-state index contributed by atoms with van der Waals surface area (Å²) in [4.78, 5) is 0. The van der Waals surface area contributed by atoms with Gasteiger partial charge in [0.05, 0.1) is 16.1 Å². The van der Waals surface area contributed by atoms with Crippen molar-refractivity contribution in [3.63, 3.8) is 0 Å². The van der Waals surface area contributed by atoms with Gasteiger partial charge in [0.1, 0.15) is 0 Å². The first-order chi connectivity index (χ1) is 7.72. The number of hydrogen-bond acceptors (Lipinski definition) is 2. The van der Waals surface area contributed by atoms with Gasteiger partial charge >= 0.3 is 0 Å². The maximum absolute atomic E-state index is 8.94. The topological polar surface area (TPSA) is 35.8 Å². The van der Waals surface area contributed by atoms with E-state index in [-0.39, 0.29) is 12.0 Å². The lowest BCUT2D eigenvalue weighted by molar-refractivity contribution is 0.356. The molecule has 2 unspecified atom stereocenters. The lowest BCUT2D eigenvalue weighted by Crippen LogP contribution is -2.31. The zero-order chi connectivity index (χ0) is 11.5. The standard InChI is InChI=1S/C12H12Cl2N2/c13-10-3-1-2-9(12(10)14)11-6-8(7-15)4-5-16-11/h1-3,8,11,16H,4-6H2. The van der Waals surface area contributed by atoms with Gasteiger partial charge in [-0.25, -0.2) is 0 Å². The second-order valence-electron chi connectivity index (χ2n) is 4.00. The van der Waals surface area contributed by atoms with Gasteiger partial charge in [-0.1, -0.05) is 35.3 Å². The Morgan fingerprint density at radius 1 is 1.38 bits per heavy atom. The number of benzene rings is 1. The van der Waals surface area contributed by atoms with E-state index in [2.05, 4.69) is 11.4 Å². The highest BCUT2D eigenvalue weighted by Crippen LogP contribution is 2.34. The molecule has 0 aliphatic carbocycles. The normalized spacial score (nSPS) is 25.1. The maximum atomic E-state index is 8.94. The molecule has 2 atom stereocenters. The molecule has 2 nitrogen and oxygen atoms in total. The molecular formula is C12H12Cl2N2. The molecule has 16 heavy (non-hydrogen) atoms. The highest BCUT2D eigenvalue weighted by Gasteiger charge is 2.24. The average molecular weight is 255 g/mol. The first-order valence-corrected chi connectivity index (χ1v) is 6.05. The molecular weight excluding hydrogens is 243 g/mol. The molecule has 4 heteroatoms. The van der Waals surface area contributed by atoms with Crippen molar-refractivity contribution in [1.29, 1.82) is 5.26 Å². The molecule has 84 valence electrons. The average Bonchev–Trinajstić information content (AvgIpc) is 2.33. The molecule has 0 spiro atoms. The number of piperidine rings is 1. The number of halogens is 2. The van der Waals surface area contributed by atoms with Crippen molar-refractivity contribution in [2.24, 2.45) is 5.92 Å². The lowest BCUT2D eigenvalue weighted by Gasteiger charge is -2.27. The zero-order valence-electron chi connectivity index (χ0n) is 8.71. The number of nitriles is 1. The van der Waals surface area contributed by atoms with Crippen LogP contribution in [0.4, 0.5) is 0 Å². The Labute approximate surface area is 105 Å². The predicted molar refractivity (Wildman–Crippen MR) is 65.5 cm³/mol. The zero-order valence-corrected chi connectivity index (χ0v) is 10.2. The summed E-state index contributed by atoms with van der Waals surface area (Å²) in [5.41, 5.74) is 0.995. The Balaban J connectivity index is 2.24. The number of nitrogens with one attached hydrogen (secondary N) is 1. The predicted octanol–water partition coefficient (Wildman–Crippen LogP) is 3.56. The van der Waals surface area contributed by atoms with Gasteiger partial charge in [-0.05, 0) is 31.0 Å². The first kappa shape index (κ1) is 11.7. The van der Waals surface area contributed by atoms with Gasteiger partial charge in [0.15, 0.2) is 0 Å². The molecule has 1 aliphatic heterocycles. The molecule has 0 saturated carbocycles. The summed E-state index contributed by atoms with van der Waals surface area (Å²) in [7, 11) is 0. The third-order valence-corrected chi connectivity index (χ3v) is 3.78. The second kappa shape index (κ2) is 5.05. The minimum Gasteiger partial charge on any atom is -0.310 e. The van der Waals surface area contributed by atoms with E-state index >= 15 is 0 Å². The third-order valence-electron chi connectivity index (χ3n) is 2.94. The Bertz CT molecular complexity index is 426. The van der Waals surface area contributed by atoms with E-state index < -0.39 is 0 Å².